The van der Waals surface area contributed by atoms with Crippen molar-refractivity contribution in [1.82, 2.24) is 15.1 Å². The standard InChI is InChI=1S/C18H23N3O/c1-13(2)16-8-5-15(6-9-16)7-10-18(22)19-12-17-11-14(3)21(4)20-17/h5-11,13H,12H2,1-4H3,(H,19,22)/b10-7+. The molecule has 1 heterocycles. The summed E-state index contributed by atoms with van der Waals surface area (Å²) < 4.78 is 1.80. The summed E-state index contributed by atoms with van der Waals surface area (Å²) in [6.45, 7) is 6.76. The van der Waals surface area contributed by atoms with Crippen molar-refractivity contribution in [1.29, 1.82) is 0 Å². The van der Waals surface area contributed by atoms with E-state index in [0.717, 1.165) is 17.0 Å². The van der Waals surface area contributed by atoms with E-state index in [1.165, 1.54) is 5.56 Å². The second-order valence-corrected chi connectivity index (χ2v) is 5.77. The van der Waals surface area contributed by atoms with Gasteiger partial charge in [0.15, 0.2) is 0 Å². The third kappa shape index (κ3) is 4.32. The smallest absolute Gasteiger partial charge is 0.244 e. The first-order chi connectivity index (χ1) is 10.5. The van der Waals surface area contributed by atoms with Crippen LogP contribution >= 0.6 is 0 Å². The van der Waals surface area contributed by atoms with E-state index in [9.17, 15) is 4.79 Å². The molecule has 0 saturated carbocycles. The minimum absolute atomic E-state index is 0.115. The van der Waals surface area contributed by atoms with Crippen LogP contribution in [-0.4, -0.2) is 15.7 Å². The maximum absolute atomic E-state index is 11.8. The number of aromatic nitrogens is 2. The molecule has 0 spiro atoms. The Kier molecular flexibility index (Phi) is 5.15. The van der Waals surface area contributed by atoms with Crippen molar-refractivity contribution in [2.45, 2.75) is 33.2 Å². The predicted molar refractivity (Wildman–Crippen MR) is 89.4 cm³/mol. The Bertz CT molecular complexity index is 647. The Morgan fingerprint density at radius 1 is 1.32 bits per heavy atom. The van der Waals surface area contributed by atoms with Crippen LogP contribution in [0.1, 0.15) is 42.3 Å². The minimum Gasteiger partial charge on any atom is -0.347 e. The molecule has 116 valence electrons. The Balaban J connectivity index is 1.88. The zero-order chi connectivity index (χ0) is 16.1. The van der Waals surface area contributed by atoms with Gasteiger partial charge in [0.1, 0.15) is 0 Å². The highest BCUT2D eigenvalue weighted by molar-refractivity contribution is 5.91. The van der Waals surface area contributed by atoms with Crippen LogP contribution in [0.3, 0.4) is 0 Å². The molecule has 0 bridgehead atoms. The van der Waals surface area contributed by atoms with Gasteiger partial charge in [-0.05, 0) is 36.1 Å². The van der Waals surface area contributed by atoms with Crippen LogP contribution in [-0.2, 0) is 18.4 Å². The van der Waals surface area contributed by atoms with Crippen LogP contribution in [0.5, 0.6) is 0 Å². The summed E-state index contributed by atoms with van der Waals surface area (Å²) in [5.74, 6) is 0.402. The molecule has 0 aliphatic carbocycles. The molecular weight excluding hydrogens is 274 g/mol. The molecule has 22 heavy (non-hydrogen) atoms. The summed E-state index contributed by atoms with van der Waals surface area (Å²) in [4.78, 5) is 11.8. The van der Waals surface area contributed by atoms with E-state index in [4.69, 9.17) is 0 Å². The van der Waals surface area contributed by atoms with Crippen molar-refractivity contribution >= 4 is 12.0 Å². The van der Waals surface area contributed by atoms with Gasteiger partial charge in [0, 0.05) is 18.8 Å². The summed E-state index contributed by atoms with van der Waals surface area (Å²) in [6, 6.07) is 10.2. The van der Waals surface area contributed by atoms with E-state index < -0.39 is 0 Å². The Morgan fingerprint density at radius 3 is 2.55 bits per heavy atom. The van der Waals surface area contributed by atoms with Gasteiger partial charge in [0.25, 0.3) is 0 Å². The summed E-state index contributed by atoms with van der Waals surface area (Å²) >= 11 is 0. The van der Waals surface area contributed by atoms with Gasteiger partial charge in [0.05, 0.1) is 12.2 Å². The molecule has 2 rings (SSSR count). The maximum atomic E-state index is 11.8. The van der Waals surface area contributed by atoms with E-state index in [1.807, 2.05) is 38.2 Å². The van der Waals surface area contributed by atoms with Gasteiger partial charge in [-0.3, -0.25) is 9.48 Å². The number of amides is 1. The van der Waals surface area contributed by atoms with Crippen molar-refractivity contribution in [3.8, 4) is 0 Å². The first-order valence-electron chi connectivity index (χ1n) is 7.51. The number of rotatable bonds is 5. The number of hydrogen-bond donors (Lipinski definition) is 1. The lowest BCUT2D eigenvalue weighted by Gasteiger charge is -2.04. The van der Waals surface area contributed by atoms with Crippen molar-refractivity contribution in [3.63, 3.8) is 0 Å². The van der Waals surface area contributed by atoms with E-state index >= 15 is 0 Å². The molecule has 0 atom stereocenters. The van der Waals surface area contributed by atoms with Gasteiger partial charge in [-0.1, -0.05) is 38.1 Å². The molecule has 1 aromatic heterocycles. The van der Waals surface area contributed by atoms with Crippen LogP contribution in [0.25, 0.3) is 6.08 Å². The first-order valence-corrected chi connectivity index (χ1v) is 7.51. The molecule has 1 N–H and O–H groups in total. The number of hydrogen-bond acceptors (Lipinski definition) is 2. The molecule has 0 fully saturated rings. The first kappa shape index (κ1) is 16.0. The summed E-state index contributed by atoms with van der Waals surface area (Å²) in [6.07, 6.45) is 3.38. The summed E-state index contributed by atoms with van der Waals surface area (Å²) in [7, 11) is 1.89. The number of carbonyl (C=O) groups is 1. The number of nitrogens with zero attached hydrogens (tertiary/aromatic N) is 2. The molecule has 0 unspecified atom stereocenters. The molecule has 2 aromatic rings. The largest absolute Gasteiger partial charge is 0.347 e. The third-order valence-electron chi connectivity index (χ3n) is 3.64. The molecule has 0 aliphatic heterocycles. The van der Waals surface area contributed by atoms with Crippen molar-refractivity contribution in [2.75, 3.05) is 0 Å². The Labute approximate surface area is 131 Å². The Hall–Kier alpha value is -2.36. The number of aryl methyl sites for hydroxylation is 2. The zero-order valence-electron chi connectivity index (χ0n) is 13.6. The molecule has 0 aliphatic rings. The van der Waals surface area contributed by atoms with Crippen LogP contribution in [0.2, 0.25) is 0 Å². The highest BCUT2D eigenvalue weighted by Gasteiger charge is 2.02. The second kappa shape index (κ2) is 7.07. The van der Waals surface area contributed by atoms with E-state index in [1.54, 1.807) is 10.8 Å². The van der Waals surface area contributed by atoms with E-state index in [2.05, 4.69) is 36.4 Å². The molecule has 0 saturated heterocycles. The molecular formula is C18H23N3O. The van der Waals surface area contributed by atoms with Gasteiger partial charge in [-0.2, -0.15) is 5.10 Å². The van der Waals surface area contributed by atoms with E-state index in [0.29, 0.717) is 12.5 Å². The molecule has 0 radical (unpaired) electrons. The van der Waals surface area contributed by atoms with Crippen LogP contribution in [0.4, 0.5) is 0 Å². The van der Waals surface area contributed by atoms with Gasteiger partial charge in [0.2, 0.25) is 5.91 Å². The predicted octanol–water partition coefficient (Wildman–Crippen LogP) is 3.18. The van der Waals surface area contributed by atoms with Gasteiger partial charge in [-0.25, -0.2) is 0 Å². The zero-order valence-corrected chi connectivity index (χ0v) is 13.6. The minimum atomic E-state index is -0.115. The number of benzene rings is 1. The average molecular weight is 297 g/mol. The van der Waals surface area contributed by atoms with Crippen LogP contribution in [0, 0.1) is 6.92 Å². The summed E-state index contributed by atoms with van der Waals surface area (Å²) in [5, 5.41) is 7.14. The fourth-order valence-electron chi connectivity index (χ4n) is 2.12. The molecule has 1 amide bonds. The highest BCUT2D eigenvalue weighted by Crippen LogP contribution is 2.15. The van der Waals surface area contributed by atoms with Gasteiger partial charge in [-0.15, -0.1) is 0 Å². The molecule has 4 nitrogen and oxygen atoms in total. The number of nitrogens with one attached hydrogen (secondary N) is 1. The second-order valence-electron chi connectivity index (χ2n) is 5.77. The van der Waals surface area contributed by atoms with Crippen molar-refractivity contribution < 1.29 is 4.79 Å². The fourth-order valence-corrected chi connectivity index (χ4v) is 2.12. The molecule has 4 heteroatoms. The summed E-state index contributed by atoms with van der Waals surface area (Å²) in [5.41, 5.74) is 4.26. The SMILES string of the molecule is Cc1cc(CNC(=O)/C=C/c2ccc(C(C)C)cc2)nn1C. The fraction of sp³-hybridized carbons (Fsp3) is 0.333. The molecule has 1 aromatic carbocycles. The van der Waals surface area contributed by atoms with Crippen LogP contribution < -0.4 is 5.32 Å². The van der Waals surface area contributed by atoms with Gasteiger partial charge >= 0.3 is 0 Å². The average Bonchev–Trinajstić information content (AvgIpc) is 2.82. The lowest BCUT2D eigenvalue weighted by Crippen LogP contribution is -2.20. The van der Waals surface area contributed by atoms with Gasteiger partial charge < -0.3 is 5.32 Å². The lowest BCUT2D eigenvalue weighted by atomic mass is 10.0. The van der Waals surface area contributed by atoms with Crippen molar-refractivity contribution in [3.05, 3.63) is 58.9 Å². The topological polar surface area (TPSA) is 46.9 Å². The van der Waals surface area contributed by atoms with Crippen LogP contribution in [0.15, 0.2) is 36.4 Å². The normalized spacial score (nSPS) is 11.3. The highest BCUT2D eigenvalue weighted by atomic mass is 16.1. The third-order valence-corrected chi connectivity index (χ3v) is 3.64. The maximum Gasteiger partial charge on any atom is 0.244 e. The lowest BCUT2D eigenvalue weighted by molar-refractivity contribution is -0.116. The van der Waals surface area contributed by atoms with E-state index in [-0.39, 0.29) is 5.91 Å². The monoisotopic (exact) mass is 297 g/mol. The quantitative estimate of drug-likeness (QED) is 0.862. The number of carbonyl (C=O) groups excluding carboxylic acids is 1. The van der Waals surface area contributed by atoms with Crippen molar-refractivity contribution in [2.24, 2.45) is 7.05 Å². The Morgan fingerprint density at radius 2 is 2.00 bits per heavy atom.